The molecule has 0 aliphatic carbocycles. The third kappa shape index (κ3) is 3.62. The molecule has 1 amide bonds. The van der Waals surface area contributed by atoms with Gasteiger partial charge in [-0.25, -0.2) is 4.39 Å². The van der Waals surface area contributed by atoms with Crippen molar-refractivity contribution in [3.05, 3.63) is 73.5 Å². The largest absolute Gasteiger partial charge is 0.346 e. The second-order valence-electron chi connectivity index (χ2n) is 5.54. The zero-order chi connectivity index (χ0) is 18.1. The lowest BCUT2D eigenvalue weighted by Crippen LogP contribution is -2.26. The standard InChI is InChI=1S/C17H13ClFN3O2S/c1-8(9-3-5-13(19)12(18)6-9)20-15(23)10-2-4-11-14(7-10)21-17(25)22-16(11)24/h2-8H,1H3,(H,20,23)(H2,21,22,24,25)/t8-/m0/s1. The molecule has 0 spiro atoms. The molecule has 0 aliphatic rings. The third-order valence-electron chi connectivity index (χ3n) is 3.79. The number of rotatable bonds is 3. The van der Waals surface area contributed by atoms with Crippen LogP contribution in [0.15, 0.2) is 41.2 Å². The van der Waals surface area contributed by atoms with Crippen LogP contribution in [-0.2, 0) is 0 Å². The van der Waals surface area contributed by atoms with Gasteiger partial charge in [0.1, 0.15) is 5.82 Å². The quantitative estimate of drug-likeness (QED) is 0.606. The molecule has 25 heavy (non-hydrogen) atoms. The lowest BCUT2D eigenvalue weighted by Gasteiger charge is -2.15. The Morgan fingerprint density at radius 2 is 2.00 bits per heavy atom. The third-order valence-corrected chi connectivity index (χ3v) is 4.29. The number of nitrogens with one attached hydrogen (secondary N) is 3. The van der Waals surface area contributed by atoms with Crippen LogP contribution in [0.3, 0.4) is 0 Å². The Morgan fingerprint density at radius 3 is 2.72 bits per heavy atom. The number of carbonyl (C=O) groups is 1. The van der Waals surface area contributed by atoms with Gasteiger partial charge in [-0.3, -0.25) is 14.6 Å². The Balaban J connectivity index is 1.87. The fraction of sp³-hybridized carbons (Fsp3) is 0.118. The van der Waals surface area contributed by atoms with Crippen LogP contribution in [0.25, 0.3) is 10.9 Å². The van der Waals surface area contributed by atoms with E-state index in [0.29, 0.717) is 22.0 Å². The second-order valence-corrected chi connectivity index (χ2v) is 6.35. The van der Waals surface area contributed by atoms with Crippen LogP contribution < -0.4 is 10.9 Å². The highest BCUT2D eigenvalue weighted by atomic mass is 35.5. The first-order chi connectivity index (χ1) is 11.8. The number of halogens is 2. The van der Waals surface area contributed by atoms with E-state index >= 15 is 0 Å². The molecule has 0 saturated heterocycles. The van der Waals surface area contributed by atoms with Crippen molar-refractivity contribution >= 4 is 40.6 Å². The van der Waals surface area contributed by atoms with E-state index in [4.69, 9.17) is 23.8 Å². The predicted molar refractivity (Wildman–Crippen MR) is 97.0 cm³/mol. The van der Waals surface area contributed by atoms with Gasteiger partial charge in [0.2, 0.25) is 0 Å². The molecule has 8 heteroatoms. The number of benzene rings is 2. The van der Waals surface area contributed by atoms with Gasteiger partial charge in [0.05, 0.1) is 22.0 Å². The Bertz CT molecular complexity index is 1090. The van der Waals surface area contributed by atoms with E-state index in [2.05, 4.69) is 15.3 Å². The van der Waals surface area contributed by atoms with Crippen molar-refractivity contribution in [2.75, 3.05) is 0 Å². The summed E-state index contributed by atoms with van der Waals surface area (Å²) in [5, 5.41) is 3.21. The van der Waals surface area contributed by atoms with Crippen molar-refractivity contribution < 1.29 is 9.18 Å². The van der Waals surface area contributed by atoms with Crippen molar-refractivity contribution in [1.82, 2.24) is 15.3 Å². The average Bonchev–Trinajstić information content (AvgIpc) is 2.56. The number of H-pyrrole nitrogens is 2. The maximum Gasteiger partial charge on any atom is 0.259 e. The van der Waals surface area contributed by atoms with Gasteiger partial charge < -0.3 is 10.3 Å². The summed E-state index contributed by atoms with van der Waals surface area (Å²) < 4.78 is 13.4. The highest BCUT2D eigenvalue weighted by Gasteiger charge is 2.14. The number of fused-ring (bicyclic) bond motifs is 1. The predicted octanol–water partition coefficient (Wildman–Crippen LogP) is 3.87. The van der Waals surface area contributed by atoms with E-state index in [9.17, 15) is 14.0 Å². The summed E-state index contributed by atoms with van der Waals surface area (Å²) >= 11 is 10.7. The summed E-state index contributed by atoms with van der Waals surface area (Å²) in [5.41, 5.74) is 1.19. The van der Waals surface area contributed by atoms with Crippen LogP contribution in [0, 0.1) is 10.6 Å². The van der Waals surface area contributed by atoms with Gasteiger partial charge in [0, 0.05) is 5.56 Å². The molecule has 0 aliphatic heterocycles. The van der Waals surface area contributed by atoms with E-state index in [1.165, 1.54) is 12.1 Å². The highest BCUT2D eigenvalue weighted by molar-refractivity contribution is 7.71. The SMILES string of the molecule is C[C@H](NC(=O)c1ccc2c(=O)[nH]c(=S)[nH]c2c1)c1ccc(F)c(Cl)c1. The fourth-order valence-electron chi connectivity index (χ4n) is 2.46. The van der Waals surface area contributed by atoms with Gasteiger partial charge in [-0.15, -0.1) is 0 Å². The number of hydrogen-bond donors (Lipinski definition) is 3. The molecule has 128 valence electrons. The number of hydrogen-bond acceptors (Lipinski definition) is 3. The monoisotopic (exact) mass is 377 g/mol. The number of aromatic nitrogens is 2. The maximum atomic E-state index is 13.2. The van der Waals surface area contributed by atoms with Gasteiger partial charge in [-0.1, -0.05) is 17.7 Å². The fourth-order valence-corrected chi connectivity index (χ4v) is 2.85. The normalized spacial score (nSPS) is 12.1. The van der Waals surface area contributed by atoms with Crippen LogP contribution in [0.4, 0.5) is 4.39 Å². The second kappa shape index (κ2) is 6.78. The number of amides is 1. The van der Waals surface area contributed by atoms with Gasteiger partial charge in [-0.2, -0.15) is 0 Å². The van der Waals surface area contributed by atoms with Gasteiger partial charge >= 0.3 is 0 Å². The van der Waals surface area contributed by atoms with Crippen molar-refractivity contribution in [1.29, 1.82) is 0 Å². The smallest absolute Gasteiger partial charge is 0.259 e. The summed E-state index contributed by atoms with van der Waals surface area (Å²) in [7, 11) is 0. The summed E-state index contributed by atoms with van der Waals surface area (Å²) in [6.45, 7) is 1.76. The first kappa shape index (κ1) is 17.3. The maximum absolute atomic E-state index is 13.2. The molecular weight excluding hydrogens is 365 g/mol. The molecule has 1 atom stereocenters. The van der Waals surface area contributed by atoms with Gasteiger partial charge in [0.15, 0.2) is 4.77 Å². The molecule has 0 radical (unpaired) electrons. The molecule has 0 saturated carbocycles. The van der Waals surface area contributed by atoms with Crippen molar-refractivity contribution in [3.63, 3.8) is 0 Å². The summed E-state index contributed by atoms with van der Waals surface area (Å²) in [5.74, 6) is -0.853. The average molecular weight is 378 g/mol. The Morgan fingerprint density at radius 1 is 1.24 bits per heavy atom. The molecule has 3 N–H and O–H groups in total. The minimum absolute atomic E-state index is 0.00361. The van der Waals surface area contributed by atoms with E-state index in [0.717, 1.165) is 0 Å². The van der Waals surface area contributed by atoms with Crippen molar-refractivity contribution in [2.45, 2.75) is 13.0 Å². The number of aromatic amines is 2. The Kier molecular flexibility index (Phi) is 4.69. The molecule has 3 rings (SSSR count). The van der Waals surface area contributed by atoms with Crippen LogP contribution in [0.5, 0.6) is 0 Å². The molecule has 0 bridgehead atoms. The lowest BCUT2D eigenvalue weighted by molar-refractivity contribution is 0.0940. The molecule has 1 aromatic heterocycles. The van der Waals surface area contributed by atoms with Crippen LogP contribution in [0.2, 0.25) is 5.02 Å². The minimum atomic E-state index is -0.515. The first-order valence-corrected chi connectivity index (χ1v) is 8.16. The number of carbonyl (C=O) groups excluding carboxylic acids is 1. The van der Waals surface area contributed by atoms with Crippen molar-refractivity contribution in [3.8, 4) is 0 Å². The molecule has 0 unspecified atom stereocenters. The summed E-state index contributed by atoms with van der Waals surface area (Å²) in [6.07, 6.45) is 0. The molecule has 1 heterocycles. The van der Waals surface area contributed by atoms with Crippen molar-refractivity contribution in [2.24, 2.45) is 0 Å². The first-order valence-electron chi connectivity index (χ1n) is 7.37. The summed E-state index contributed by atoms with van der Waals surface area (Å²) in [4.78, 5) is 29.6. The van der Waals surface area contributed by atoms with Gasteiger partial charge in [-0.05, 0) is 55.0 Å². The zero-order valence-corrected chi connectivity index (χ0v) is 14.6. The lowest BCUT2D eigenvalue weighted by atomic mass is 10.1. The molecule has 5 nitrogen and oxygen atoms in total. The molecular formula is C17H13ClFN3O2S. The topological polar surface area (TPSA) is 77.8 Å². The van der Waals surface area contributed by atoms with Crippen LogP contribution >= 0.6 is 23.8 Å². The van der Waals surface area contributed by atoms with E-state index in [-0.39, 0.29) is 27.3 Å². The molecule has 2 aromatic carbocycles. The van der Waals surface area contributed by atoms with Crippen LogP contribution in [-0.4, -0.2) is 15.9 Å². The van der Waals surface area contributed by atoms with E-state index < -0.39 is 5.82 Å². The Hall–Kier alpha value is -2.51. The highest BCUT2D eigenvalue weighted by Crippen LogP contribution is 2.21. The zero-order valence-electron chi connectivity index (χ0n) is 13.0. The van der Waals surface area contributed by atoms with Gasteiger partial charge in [0.25, 0.3) is 11.5 Å². The van der Waals surface area contributed by atoms with E-state index in [1.54, 1.807) is 31.2 Å². The Labute approximate surface area is 151 Å². The molecule has 0 fully saturated rings. The summed E-state index contributed by atoms with van der Waals surface area (Å²) in [6, 6.07) is 8.56. The minimum Gasteiger partial charge on any atom is -0.346 e. The van der Waals surface area contributed by atoms with E-state index in [1.807, 2.05) is 0 Å². The molecule has 3 aromatic rings. The van der Waals surface area contributed by atoms with Crippen LogP contribution in [0.1, 0.15) is 28.9 Å².